The lowest BCUT2D eigenvalue weighted by Gasteiger charge is -2.32. The van der Waals surface area contributed by atoms with Gasteiger partial charge >= 0.3 is 6.61 Å². The second-order valence-corrected chi connectivity index (χ2v) is 7.72. The van der Waals surface area contributed by atoms with E-state index in [1.165, 1.54) is 35.6 Å². The van der Waals surface area contributed by atoms with Crippen LogP contribution in [-0.2, 0) is 4.79 Å². The molecule has 6 nitrogen and oxygen atoms in total. The number of carbonyl (C=O) groups excluding carboxylic acids is 2. The summed E-state index contributed by atoms with van der Waals surface area (Å²) in [5, 5.41) is 14.8. The normalized spacial score (nSPS) is 17.8. The van der Waals surface area contributed by atoms with Crippen LogP contribution in [0.1, 0.15) is 34.2 Å². The van der Waals surface area contributed by atoms with Crippen molar-refractivity contribution in [3.63, 3.8) is 0 Å². The first-order valence-corrected chi connectivity index (χ1v) is 10.2. The molecule has 1 aromatic carbocycles. The number of ether oxygens (including phenoxy) is 1. The molecular formula is C20H22F2N2O4S. The van der Waals surface area contributed by atoms with E-state index in [1.807, 2.05) is 11.4 Å². The van der Waals surface area contributed by atoms with E-state index in [0.717, 1.165) is 6.42 Å². The molecule has 2 heterocycles. The van der Waals surface area contributed by atoms with Crippen molar-refractivity contribution in [1.82, 2.24) is 10.2 Å². The molecule has 1 saturated heterocycles. The van der Waals surface area contributed by atoms with Crippen LogP contribution in [0.15, 0.2) is 41.8 Å². The topological polar surface area (TPSA) is 78.9 Å². The average molecular weight is 424 g/mol. The Morgan fingerprint density at radius 3 is 2.69 bits per heavy atom. The highest BCUT2D eigenvalue weighted by Crippen LogP contribution is 2.22. The number of aliphatic hydroxyl groups excluding tert-OH is 1. The number of nitrogens with one attached hydrogen (secondary N) is 1. The van der Waals surface area contributed by atoms with Gasteiger partial charge in [-0.15, -0.1) is 11.3 Å². The number of halogens is 2. The highest BCUT2D eigenvalue weighted by atomic mass is 32.1. The predicted molar refractivity (Wildman–Crippen MR) is 104 cm³/mol. The molecule has 2 N–H and O–H groups in total. The Labute approximate surface area is 171 Å². The number of rotatable bonds is 7. The summed E-state index contributed by atoms with van der Waals surface area (Å²) in [6.45, 7) is -1.95. The van der Waals surface area contributed by atoms with Crippen LogP contribution in [0.2, 0.25) is 0 Å². The quantitative estimate of drug-likeness (QED) is 0.716. The zero-order valence-corrected chi connectivity index (χ0v) is 16.4. The Morgan fingerprint density at radius 1 is 1.28 bits per heavy atom. The number of hydrogen-bond donors (Lipinski definition) is 2. The molecule has 9 heteroatoms. The summed E-state index contributed by atoms with van der Waals surface area (Å²) in [6.07, 6.45) is 0.436. The first-order valence-electron chi connectivity index (χ1n) is 9.27. The van der Waals surface area contributed by atoms with Gasteiger partial charge < -0.3 is 20.1 Å². The van der Waals surface area contributed by atoms with Crippen molar-refractivity contribution < 1.29 is 28.2 Å². The van der Waals surface area contributed by atoms with Crippen molar-refractivity contribution in [2.75, 3.05) is 19.6 Å². The maximum atomic E-state index is 12.5. The number of nitrogens with zero attached hydrogens (tertiary/aromatic N) is 1. The fourth-order valence-corrected chi connectivity index (χ4v) is 3.95. The van der Waals surface area contributed by atoms with E-state index in [2.05, 4.69) is 10.1 Å². The second-order valence-electron chi connectivity index (χ2n) is 6.78. The summed E-state index contributed by atoms with van der Waals surface area (Å²) in [5.41, 5.74) is 0.477. The third kappa shape index (κ3) is 5.74. The molecule has 3 rings (SSSR count). The van der Waals surface area contributed by atoms with Gasteiger partial charge in [0.1, 0.15) is 5.75 Å². The number of thiophene rings is 1. The third-order valence-corrected chi connectivity index (χ3v) is 5.63. The summed E-state index contributed by atoms with van der Waals surface area (Å²) in [4.78, 5) is 27.3. The minimum Gasteiger partial charge on any atom is -0.435 e. The maximum Gasteiger partial charge on any atom is 0.387 e. The SMILES string of the molecule is O=C(NCC(O)c1ccc(OC(F)F)cc1)C1CCCN(C(=O)c2cccs2)C1. The number of benzene rings is 1. The minimum atomic E-state index is -2.91. The number of likely N-dealkylation sites (tertiary alicyclic amines) is 1. The lowest BCUT2D eigenvalue weighted by molar-refractivity contribution is -0.126. The number of aliphatic hydroxyl groups is 1. The Morgan fingerprint density at radius 2 is 2.03 bits per heavy atom. The molecule has 1 aliphatic rings. The molecule has 2 atom stereocenters. The molecule has 2 aromatic rings. The van der Waals surface area contributed by atoms with Gasteiger partial charge in [-0.3, -0.25) is 9.59 Å². The molecule has 0 radical (unpaired) electrons. The van der Waals surface area contributed by atoms with Gasteiger partial charge in [0, 0.05) is 19.6 Å². The van der Waals surface area contributed by atoms with E-state index >= 15 is 0 Å². The fraction of sp³-hybridized carbons (Fsp3) is 0.400. The number of carbonyl (C=O) groups is 2. The van der Waals surface area contributed by atoms with Gasteiger partial charge in [0.2, 0.25) is 5.91 Å². The Bertz CT molecular complexity index is 814. The molecule has 2 amide bonds. The van der Waals surface area contributed by atoms with Crippen molar-refractivity contribution in [2.45, 2.75) is 25.6 Å². The van der Waals surface area contributed by atoms with Crippen LogP contribution in [0.25, 0.3) is 0 Å². The average Bonchev–Trinajstić information content (AvgIpc) is 3.26. The number of amides is 2. The Hall–Kier alpha value is -2.52. The van der Waals surface area contributed by atoms with Gasteiger partial charge in [0.15, 0.2) is 0 Å². The Balaban J connectivity index is 1.50. The summed E-state index contributed by atoms with van der Waals surface area (Å²) in [7, 11) is 0. The van der Waals surface area contributed by atoms with Crippen molar-refractivity contribution in [3.8, 4) is 5.75 Å². The largest absolute Gasteiger partial charge is 0.435 e. The van der Waals surface area contributed by atoms with Crippen molar-refractivity contribution >= 4 is 23.2 Å². The highest BCUT2D eigenvalue weighted by molar-refractivity contribution is 7.12. The number of alkyl halides is 2. The number of hydrogen-bond acceptors (Lipinski definition) is 5. The lowest BCUT2D eigenvalue weighted by Crippen LogP contribution is -2.45. The molecule has 1 aromatic heterocycles. The summed E-state index contributed by atoms with van der Waals surface area (Å²) in [5.74, 6) is -0.617. The molecule has 2 unspecified atom stereocenters. The third-order valence-electron chi connectivity index (χ3n) is 4.77. The van der Waals surface area contributed by atoms with E-state index in [4.69, 9.17) is 0 Å². The van der Waals surface area contributed by atoms with Crippen LogP contribution >= 0.6 is 11.3 Å². The van der Waals surface area contributed by atoms with Crippen LogP contribution < -0.4 is 10.1 Å². The van der Waals surface area contributed by atoms with Gasteiger partial charge in [-0.25, -0.2) is 0 Å². The first-order chi connectivity index (χ1) is 13.9. The van der Waals surface area contributed by atoms with E-state index in [9.17, 15) is 23.5 Å². The minimum absolute atomic E-state index is 0.00214. The van der Waals surface area contributed by atoms with Gasteiger partial charge in [0.05, 0.1) is 16.9 Å². The van der Waals surface area contributed by atoms with Crippen molar-refractivity contribution in [2.24, 2.45) is 5.92 Å². The molecule has 156 valence electrons. The molecule has 1 aliphatic heterocycles. The monoisotopic (exact) mass is 424 g/mol. The van der Waals surface area contributed by atoms with Gasteiger partial charge in [-0.1, -0.05) is 18.2 Å². The molecule has 0 aliphatic carbocycles. The van der Waals surface area contributed by atoms with Crippen molar-refractivity contribution in [1.29, 1.82) is 0 Å². The van der Waals surface area contributed by atoms with E-state index < -0.39 is 12.7 Å². The van der Waals surface area contributed by atoms with Gasteiger partial charge in [-0.05, 0) is 42.0 Å². The summed E-state index contributed by atoms with van der Waals surface area (Å²) >= 11 is 1.37. The van der Waals surface area contributed by atoms with Gasteiger partial charge in [-0.2, -0.15) is 8.78 Å². The molecule has 0 spiro atoms. The molecular weight excluding hydrogens is 402 g/mol. The van der Waals surface area contributed by atoms with E-state index in [-0.39, 0.29) is 30.0 Å². The van der Waals surface area contributed by atoms with Crippen LogP contribution in [0, 0.1) is 5.92 Å². The standard InChI is InChI=1S/C20H22F2N2O4S/c21-20(22)28-15-7-5-13(6-8-15)16(25)11-23-18(26)14-3-1-9-24(12-14)19(27)17-4-2-10-29-17/h2,4-8,10,14,16,20,25H,1,3,9,11-12H2,(H,23,26). The van der Waals surface area contributed by atoms with E-state index in [0.29, 0.717) is 30.0 Å². The van der Waals surface area contributed by atoms with Crippen LogP contribution in [0.5, 0.6) is 5.75 Å². The van der Waals surface area contributed by atoms with Crippen LogP contribution in [0.4, 0.5) is 8.78 Å². The Kier molecular flexibility index (Phi) is 7.16. The van der Waals surface area contributed by atoms with Crippen LogP contribution in [0.3, 0.4) is 0 Å². The van der Waals surface area contributed by atoms with Crippen molar-refractivity contribution in [3.05, 3.63) is 52.2 Å². The van der Waals surface area contributed by atoms with Gasteiger partial charge in [0.25, 0.3) is 5.91 Å². The molecule has 0 bridgehead atoms. The predicted octanol–water partition coefficient (Wildman–Crippen LogP) is 3.05. The van der Waals surface area contributed by atoms with E-state index in [1.54, 1.807) is 11.0 Å². The first kappa shape index (κ1) is 21.2. The number of piperidine rings is 1. The summed E-state index contributed by atoms with van der Waals surface area (Å²) < 4.78 is 28.6. The van der Waals surface area contributed by atoms with Crippen LogP contribution in [-0.4, -0.2) is 48.1 Å². The zero-order valence-electron chi connectivity index (χ0n) is 15.6. The fourth-order valence-electron chi connectivity index (χ4n) is 3.26. The second kappa shape index (κ2) is 9.80. The smallest absolute Gasteiger partial charge is 0.387 e. The molecule has 0 saturated carbocycles. The highest BCUT2D eigenvalue weighted by Gasteiger charge is 2.29. The maximum absolute atomic E-state index is 12.5. The lowest BCUT2D eigenvalue weighted by atomic mass is 9.96. The molecule has 29 heavy (non-hydrogen) atoms. The zero-order chi connectivity index (χ0) is 20.8. The summed E-state index contributed by atoms with van der Waals surface area (Å²) in [6, 6.07) is 9.20. The molecule has 1 fully saturated rings.